The number of carbonyl (C=O) groups excluding carboxylic acids is 1. The second-order valence-corrected chi connectivity index (χ2v) is 4.83. The molecular weight excluding hydrogens is 277 g/mol. The number of rotatable bonds is 4. The lowest BCUT2D eigenvalue weighted by atomic mass is 10.3. The van der Waals surface area contributed by atoms with Gasteiger partial charge in [-0.25, -0.2) is 9.18 Å². The van der Waals surface area contributed by atoms with Crippen molar-refractivity contribution in [1.82, 2.24) is 10.3 Å². The zero-order chi connectivity index (χ0) is 14.4. The smallest absolute Gasteiger partial charge is 0.319 e. The molecule has 0 saturated carbocycles. The normalized spacial score (nSPS) is 10.1. The van der Waals surface area contributed by atoms with Crippen LogP contribution in [-0.2, 0) is 6.54 Å². The predicted octanol–water partition coefficient (Wildman–Crippen LogP) is 3.26. The van der Waals surface area contributed by atoms with E-state index in [1.165, 1.54) is 17.8 Å². The molecule has 0 bridgehead atoms. The number of hydrogen-bond donors (Lipinski definition) is 2. The summed E-state index contributed by atoms with van der Waals surface area (Å²) in [6.07, 6.45) is 3.45. The van der Waals surface area contributed by atoms with Crippen LogP contribution in [0.25, 0.3) is 0 Å². The van der Waals surface area contributed by atoms with Crippen LogP contribution in [0.5, 0.6) is 0 Å². The number of hydrogen-bond acceptors (Lipinski definition) is 3. The highest BCUT2D eigenvalue weighted by Gasteiger charge is 2.05. The average Bonchev–Trinajstić information content (AvgIpc) is 2.46. The predicted molar refractivity (Wildman–Crippen MR) is 78.3 cm³/mol. The molecule has 2 amide bonds. The van der Waals surface area contributed by atoms with Gasteiger partial charge in [0.15, 0.2) is 0 Å². The topological polar surface area (TPSA) is 54.0 Å². The Bertz CT molecular complexity index is 592. The van der Waals surface area contributed by atoms with E-state index in [9.17, 15) is 9.18 Å². The summed E-state index contributed by atoms with van der Waals surface area (Å²) < 4.78 is 13.5. The molecule has 0 saturated heterocycles. The van der Waals surface area contributed by atoms with Crippen molar-refractivity contribution in [2.24, 2.45) is 0 Å². The molecule has 0 radical (unpaired) electrons. The number of thioether (sulfide) groups is 1. The fraction of sp³-hybridized carbons (Fsp3) is 0.143. The molecule has 0 aliphatic carbocycles. The maximum Gasteiger partial charge on any atom is 0.319 e. The van der Waals surface area contributed by atoms with Crippen molar-refractivity contribution in [2.45, 2.75) is 11.4 Å². The summed E-state index contributed by atoms with van der Waals surface area (Å²) in [5.41, 5.74) is 1.17. The van der Waals surface area contributed by atoms with Crippen LogP contribution in [0.2, 0.25) is 0 Å². The van der Waals surface area contributed by atoms with Gasteiger partial charge in [-0.3, -0.25) is 4.98 Å². The van der Waals surface area contributed by atoms with Gasteiger partial charge in [-0.1, -0.05) is 6.07 Å². The van der Waals surface area contributed by atoms with E-state index >= 15 is 0 Å². The Morgan fingerprint density at radius 3 is 2.85 bits per heavy atom. The highest BCUT2D eigenvalue weighted by atomic mass is 32.2. The van der Waals surface area contributed by atoms with Gasteiger partial charge in [0.25, 0.3) is 0 Å². The van der Waals surface area contributed by atoms with Crippen LogP contribution in [0.1, 0.15) is 5.69 Å². The van der Waals surface area contributed by atoms with E-state index in [0.717, 1.165) is 5.69 Å². The molecule has 2 aromatic rings. The quantitative estimate of drug-likeness (QED) is 0.850. The molecular formula is C14H14FN3OS. The Kier molecular flexibility index (Phi) is 4.95. The first-order valence-electron chi connectivity index (χ1n) is 5.97. The molecule has 2 rings (SSSR count). The first-order valence-corrected chi connectivity index (χ1v) is 7.20. The van der Waals surface area contributed by atoms with Gasteiger partial charge >= 0.3 is 6.03 Å². The van der Waals surface area contributed by atoms with Crippen LogP contribution in [0.4, 0.5) is 14.9 Å². The van der Waals surface area contributed by atoms with E-state index in [0.29, 0.717) is 17.1 Å². The number of anilines is 1. The molecule has 1 aromatic carbocycles. The monoisotopic (exact) mass is 291 g/mol. The van der Waals surface area contributed by atoms with Gasteiger partial charge in [0.05, 0.1) is 12.2 Å². The summed E-state index contributed by atoms with van der Waals surface area (Å²) in [7, 11) is 0. The zero-order valence-electron chi connectivity index (χ0n) is 10.9. The van der Waals surface area contributed by atoms with Gasteiger partial charge in [-0.05, 0) is 36.6 Å². The summed E-state index contributed by atoms with van der Waals surface area (Å²) >= 11 is 1.32. The number of pyridine rings is 1. The highest BCUT2D eigenvalue weighted by molar-refractivity contribution is 7.98. The van der Waals surface area contributed by atoms with Crippen LogP contribution in [-0.4, -0.2) is 17.3 Å². The largest absolute Gasteiger partial charge is 0.332 e. The number of amides is 2. The maximum absolute atomic E-state index is 13.5. The first-order chi connectivity index (χ1) is 9.69. The molecule has 6 heteroatoms. The van der Waals surface area contributed by atoms with Crippen LogP contribution in [0.15, 0.2) is 47.5 Å². The molecule has 4 nitrogen and oxygen atoms in total. The van der Waals surface area contributed by atoms with E-state index in [1.807, 2.05) is 12.1 Å². The number of benzene rings is 1. The number of halogens is 1. The van der Waals surface area contributed by atoms with Crippen molar-refractivity contribution in [1.29, 1.82) is 0 Å². The number of aromatic nitrogens is 1. The van der Waals surface area contributed by atoms with Crippen molar-refractivity contribution in [3.8, 4) is 0 Å². The van der Waals surface area contributed by atoms with Crippen LogP contribution in [0, 0.1) is 5.82 Å². The highest BCUT2D eigenvalue weighted by Crippen LogP contribution is 2.22. The van der Waals surface area contributed by atoms with Gasteiger partial charge in [0, 0.05) is 16.8 Å². The number of nitrogens with one attached hydrogen (secondary N) is 2. The molecule has 0 unspecified atom stereocenters. The van der Waals surface area contributed by atoms with Crippen LogP contribution >= 0.6 is 11.8 Å². The van der Waals surface area contributed by atoms with Crippen molar-refractivity contribution >= 4 is 23.5 Å². The lowest BCUT2D eigenvalue weighted by Crippen LogP contribution is -2.28. The summed E-state index contributed by atoms with van der Waals surface area (Å²) in [6.45, 7) is 0.318. The third-order valence-electron chi connectivity index (χ3n) is 2.57. The number of nitrogens with zero attached hydrogens (tertiary/aromatic N) is 1. The third kappa shape index (κ3) is 3.96. The molecule has 0 aliphatic heterocycles. The maximum atomic E-state index is 13.5. The van der Waals surface area contributed by atoms with Crippen molar-refractivity contribution in [3.05, 3.63) is 54.1 Å². The molecule has 20 heavy (non-hydrogen) atoms. The summed E-state index contributed by atoms with van der Waals surface area (Å²) in [5.74, 6) is -0.347. The minimum Gasteiger partial charge on any atom is -0.332 e. The van der Waals surface area contributed by atoms with E-state index in [1.54, 1.807) is 30.7 Å². The second kappa shape index (κ2) is 6.91. The Balaban J connectivity index is 1.90. The zero-order valence-corrected chi connectivity index (χ0v) is 11.7. The van der Waals surface area contributed by atoms with Gasteiger partial charge in [-0.15, -0.1) is 11.8 Å². The first kappa shape index (κ1) is 14.3. The van der Waals surface area contributed by atoms with Crippen molar-refractivity contribution in [2.75, 3.05) is 11.6 Å². The Morgan fingerprint density at radius 1 is 1.35 bits per heavy atom. The van der Waals surface area contributed by atoms with Crippen LogP contribution < -0.4 is 10.6 Å². The minimum absolute atomic E-state index is 0.318. The van der Waals surface area contributed by atoms with Gasteiger partial charge in [-0.2, -0.15) is 0 Å². The fourth-order valence-electron chi connectivity index (χ4n) is 1.59. The minimum atomic E-state index is -0.396. The molecule has 0 spiro atoms. The van der Waals surface area contributed by atoms with Gasteiger partial charge in [0.2, 0.25) is 0 Å². The Labute approximate surface area is 120 Å². The Hall–Kier alpha value is -2.08. The second-order valence-electron chi connectivity index (χ2n) is 3.98. The summed E-state index contributed by atoms with van der Waals surface area (Å²) in [5, 5.41) is 5.23. The third-order valence-corrected chi connectivity index (χ3v) is 3.34. The lowest BCUT2D eigenvalue weighted by Gasteiger charge is -2.08. The molecule has 1 heterocycles. The van der Waals surface area contributed by atoms with Gasteiger partial charge in [0.1, 0.15) is 5.82 Å². The summed E-state index contributed by atoms with van der Waals surface area (Å²) in [6, 6.07) is 9.66. The molecule has 104 valence electrons. The van der Waals surface area contributed by atoms with E-state index < -0.39 is 6.03 Å². The number of urea groups is 1. The van der Waals surface area contributed by atoms with Gasteiger partial charge < -0.3 is 10.6 Å². The van der Waals surface area contributed by atoms with E-state index in [-0.39, 0.29) is 5.82 Å². The van der Waals surface area contributed by atoms with E-state index in [4.69, 9.17) is 0 Å². The molecule has 0 fully saturated rings. The lowest BCUT2D eigenvalue weighted by molar-refractivity contribution is 0.251. The standard InChI is InChI=1S/C14H14FN3OS/c1-20-13-6-5-10(8-12(13)15)18-14(19)17-9-11-4-2-3-7-16-11/h2-8H,9H2,1H3,(H2,17,18,19). The average molecular weight is 291 g/mol. The number of carbonyl (C=O) groups is 1. The fourth-order valence-corrected chi connectivity index (χ4v) is 2.05. The molecule has 2 N–H and O–H groups in total. The van der Waals surface area contributed by atoms with Crippen LogP contribution in [0.3, 0.4) is 0 Å². The molecule has 1 aromatic heterocycles. The van der Waals surface area contributed by atoms with Crippen molar-refractivity contribution < 1.29 is 9.18 Å². The van der Waals surface area contributed by atoms with E-state index in [2.05, 4.69) is 15.6 Å². The SMILES string of the molecule is CSc1ccc(NC(=O)NCc2ccccn2)cc1F. The van der Waals surface area contributed by atoms with Crippen molar-refractivity contribution in [3.63, 3.8) is 0 Å². The summed E-state index contributed by atoms with van der Waals surface area (Å²) in [4.78, 5) is 16.3. The molecule has 0 aliphatic rings. The Morgan fingerprint density at radius 2 is 2.20 bits per heavy atom. The molecule has 0 atom stereocenters.